The molecule has 0 aromatic heterocycles. The molecule has 2 bridgehead atoms. The van der Waals surface area contributed by atoms with E-state index < -0.39 is 0 Å². The normalized spacial score (nSPS) is 31.0. The van der Waals surface area contributed by atoms with Gasteiger partial charge in [0.05, 0.1) is 0 Å². The van der Waals surface area contributed by atoms with Gasteiger partial charge < -0.3 is 0 Å². The summed E-state index contributed by atoms with van der Waals surface area (Å²) in [5, 5.41) is 0. The quantitative estimate of drug-likeness (QED) is 0.564. The van der Waals surface area contributed by atoms with Crippen molar-refractivity contribution in [2.45, 2.75) is 52.9 Å². The molecule has 17 heavy (non-hydrogen) atoms. The highest BCUT2D eigenvalue weighted by atomic mass is 14.4. The summed E-state index contributed by atoms with van der Waals surface area (Å²) >= 11 is 0. The van der Waals surface area contributed by atoms with E-state index in [0.717, 1.165) is 17.8 Å². The Morgan fingerprint density at radius 1 is 1.24 bits per heavy atom. The van der Waals surface area contributed by atoms with Crippen molar-refractivity contribution in [2.24, 2.45) is 17.8 Å². The van der Waals surface area contributed by atoms with Crippen LogP contribution in [-0.4, -0.2) is 0 Å². The highest BCUT2D eigenvalue weighted by Crippen LogP contribution is 2.46. The van der Waals surface area contributed by atoms with Crippen molar-refractivity contribution >= 4 is 0 Å². The third kappa shape index (κ3) is 3.34. The van der Waals surface area contributed by atoms with E-state index in [2.05, 4.69) is 45.1 Å². The van der Waals surface area contributed by atoms with Crippen LogP contribution in [0, 0.1) is 17.8 Å². The summed E-state index contributed by atoms with van der Waals surface area (Å²) in [7, 11) is 0. The fraction of sp³-hybridized carbons (Fsp3) is 0.647. The molecule has 0 aliphatic heterocycles. The summed E-state index contributed by atoms with van der Waals surface area (Å²) in [6, 6.07) is 0. The maximum atomic E-state index is 2.47. The molecular formula is C17H26. The maximum absolute atomic E-state index is 2.47. The second kappa shape index (κ2) is 5.71. The minimum absolute atomic E-state index is 0.901. The average Bonchev–Trinajstić information content (AvgIpc) is 2.89. The van der Waals surface area contributed by atoms with Crippen molar-refractivity contribution in [1.29, 1.82) is 0 Å². The van der Waals surface area contributed by atoms with Gasteiger partial charge in [-0.15, -0.1) is 0 Å². The van der Waals surface area contributed by atoms with Crippen molar-refractivity contribution in [3.8, 4) is 0 Å². The van der Waals surface area contributed by atoms with Gasteiger partial charge in [0.1, 0.15) is 0 Å². The largest absolute Gasteiger partial charge is 0.0884 e. The summed E-state index contributed by atoms with van der Waals surface area (Å²) in [5.41, 5.74) is 3.12. The molecule has 0 N–H and O–H groups in total. The first-order valence-corrected chi connectivity index (χ1v) is 7.14. The zero-order valence-electron chi connectivity index (χ0n) is 11.6. The first kappa shape index (κ1) is 12.7. The Morgan fingerprint density at radius 2 is 2.06 bits per heavy atom. The van der Waals surface area contributed by atoms with Crippen LogP contribution in [0.4, 0.5) is 0 Å². The Labute approximate surface area is 106 Å². The standard InChI is InChI=1S/C17H26/c1-4-14(7-5-6-13(2)3)10-17-12-15-8-9-16(17)11-15/h4,6,8-9,15-17H,5,7,10-12H2,1-3H3/b14-4+/t15-,16+,17?/m1/s1. The topological polar surface area (TPSA) is 0 Å². The molecule has 3 atom stereocenters. The van der Waals surface area contributed by atoms with E-state index in [1.165, 1.54) is 37.7 Å². The zero-order valence-corrected chi connectivity index (χ0v) is 11.6. The summed E-state index contributed by atoms with van der Waals surface area (Å²) in [5.74, 6) is 2.77. The van der Waals surface area contributed by atoms with Crippen molar-refractivity contribution in [1.82, 2.24) is 0 Å². The molecule has 0 nitrogen and oxygen atoms in total. The minimum Gasteiger partial charge on any atom is -0.0884 e. The molecule has 0 spiro atoms. The van der Waals surface area contributed by atoms with Gasteiger partial charge in [0, 0.05) is 0 Å². The van der Waals surface area contributed by atoms with Crippen molar-refractivity contribution < 1.29 is 0 Å². The van der Waals surface area contributed by atoms with E-state index in [-0.39, 0.29) is 0 Å². The van der Waals surface area contributed by atoms with E-state index in [1.54, 1.807) is 5.57 Å². The predicted molar refractivity (Wildman–Crippen MR) is 75.9 cm³/mol. The van der Waals surface area contributed by atoms with Crippen LogP contribution in [0.1, 0.15) is 52.9 Å². The summed E-state index contributed by atoms with van der Waals surface area (Å²) in [6.07, 6.45) is 16.4. The van der Waals surface area contributed by atoms with E-state index in [0.29, 0.717) is 0 Å². The average molecular weight is 230 g/mol. The summed E-state index contributed by atoms with van der Waals surface area (Å²) in [6.45, 7) is 6.59. The molecular weight excluding hydrogens is 204 g/mol. The van der Waals surface area contributed by atoms with Crippen molar-refractivity contribution in [3.05, 3.63) is 35.5 Å². The molecule has 2 aliphatic carbocycles. The van der Waals surface area contributed by atoms with E-state index in [4.69, 9.17) is 0 Å². The molecule has 2 aliphatic rings. The Bertz CT molecular complexity index is 339. The fourth-order valence-electron chi connectivity index (χ4n) is 3.38. The van der Waals surface area contributed by atoms with Gasteiger partial charge in [-0.1, -0.05) is 35.5 Å². The van der Waals surface area contributed by atoms with Crippen molar-refractivity contribution in [2.75, 3.05) is 0 Å². The van der Waals surface area contributed by atoms with Gasteiger partial charge in [-0.2, -0.15) is 0 Å². The zero-order chi connectivity index (χ0) is 12.3. The van der Waals surface area contributed by atoms with Crippen LogP contribution >= 0.6 is 0 Å². The molecule has 1 fully saturated rings. The van der Waals surface area contributed by atoms with Crippen LogP contribution in [0.25, 0.3) is 0 Å². The lowest BCUT2D eigenvalue weighted by Gasteiger charge is -2.19. The van der Waals surface area contributed by atoms with Crippen LogP contribution in [0.15, 0.2) is 35.5 Å². The first-order valence-electron chi connectivity index (χ1n) is 7.14. The van der Waals surface area contributed by atoms with Gasteiger partial charge in [0.25, 0.3) is 0 Å². The van der Waals surface area contributed by atoms with Gasteiger partial charge in [-0.25, -0.2) is 0 Å². The second-order valence-corrected chi connectivity index (χ2v) is 6.01. The van der Waals surface area contributed by atoms with Gasteiger partial charge in [0.2, 0.25) is 0 Å². The molecule has 2 rings (SSSR count). The van der Waals surface area contributed by atoms with Crippen LogP contribution in [0.3, 0.4) is 0 Å². The van der Waals surface area contributed by atoms with Crippen LogP contribution in [0.2, 0.25) is 0 Å². The van der Waals surface area contributed by atoms with E-state index >= 15 is 0 Å². The van der Waals surface area contributed by atoms with Gasteiger partial charge in [-0.3, -0.25) is 0 Å². The molecule has 0 saturated heterocycles. The molecule has 1 saturated carbocycles. The SMILES string of the molecule is C/C=C(\CCC=C(C)C)CC1C[C@@H]2C=C[C@H]1C2. The molecule has 0 aromatic carbocycles. The molecule has 1 unspecified atom stereocenters. The lowest BCUT2D eigenvalue weighted by Crippen LogP contribution is -2.08. The highest BCUT2D eigenvalue weighted by molar-refractivity contribution is 5.14. The monoisotopic (exact) mass is 230 g/mol. The van der Waals surface area contributed by atoms with Crippen molar-refractivity contribution in [3.63, 3.8) is 0 Å². The molecule has 94 valence electrons. The molecule has 0 heteroatoms. The third-order valence-electron chi connectivity index (χ3n) is 4.37. The smallest absolute Gasteiger partial charge is 0.0196 e. The number of fused-ring (bicyclic) bond motifs is 2. The Hall–Kier alpha value is -0.780. The van der Waals surface area contributed by atoms with Gasteiger partial charge in [-0.05, 0) is 70.6 Å². The minimum atomic E-state index is 0.901. The summed E-state index contributed by atoms with van der Waals surface area (Å²) in [4.78, 5) is 0. The molecule has 0 radical (unpaired) electrons. The Kier molecular flexibility index (Phi) is 4.25. The van der Waals surface area contributed by atoms with E-state index in [1.807, 2.05) is 0 Å². The first-order chi connectivity index (χ1) is 8.19. The number of hydrogen-bond donors (Lipinski definition) is 0. The maximum Gasteiger partial charge on any atom is -0.0196 e. The van der Waals surface area contributed by atoms with E-state index in [9.17, 15) is 0 Å². The van der Waals surface area contributed by atoms with Crippen LogP contribution in [0.5, 0.6) is 0 Å². The highest BCUT2D eigenvalue weighted by Gasteiger charge is 2.35. The molecule has 0 amide bonds. The number of rotatable bonds is 5. The summed E-state index contributed by atoms with van der Waals surface area (Å²) < 4.78 is 0. The molecule has 0 aromatic rings. The second-order valence-electron chi connectivity index (χ2n) is 6.01. The number of allylic oxidation sites excluding steroid dienone is 6. The Balaban J connectivity index is 1.80. The fourth-order valence-corrected chi connectivity index (χ4v) is 3.38. The number of hydrogen-bond acceptors (Lipinski definition) is 0. The van der Waals surface area contributed by atoms with Crippen LogP contribution in [-0.2, 0) is 0 Å². The Morgan fingerprint density at radius 3 is 2.59 bits per heavy atom. The lowest BCUT2D eigenvalue weighted by atomic mass is 9.86. The predicted octanol–water partition coefficient (Wildman–Crippen LogP) is 5.28. The van der Waals surface area contributed by atoms with Gasteiger partial charge in [0.15, 0.2) is 0 Å². The molecule has 0 heterocycles. The lowest BCUT2D eigenvalue weighted by molar-refractivity contribution is 0.439. The van der Waals surface area contributed by atoms with Gasteiger partial charge >= 0.3 is 0 Å². The third-order valence-corrected chi connectivity index (χ3v) is 4.37. The van der Waals surface area contributed by atoms with Crippen LogP contribution < -0.4 is 0 Å².